The Balaban J connectivity index is 2.52. The first-order valence-corrected chi connectivity index (χ1v) is 7.21. The quantitative estimate of drug-likeness (QED) is 0.789. The van der Waals surface area contributed by atoms with Gasteiger partial charge in [-0.25, -0.2) is 0 Å². The lowest BCUT2D eigenvalue weighted by molar-refractivity contribution is 0.210. The zero-order valence-electron chi connectivity index (χ0n) is 11.4. The molecule has 2 nitrogen and oxygen atoms in total. The second-order valence-electron chi connectivity index (χ2n) is 5.39. The molecule has 1 aromatic carbocycles. The van der Waals surface area contributed by atoms with Gasteiger partial charge in [0.2, 0.25) is 0 Å². The Kier molecular flexibility index (Phi) is 5.50. The molecule has 96 valence electrons. The average Bonchev–Trinajstić information content (AvgIpc) is 2.29. The van der Waals surface area contributed by atoms with E-state index < -0.39 is 0 Å². The Morgan fingerprint density at radius 2 is 1.82 bits per heavy atom. The Hall–Kier alpha value is -0.510. The lowest BCUT2D eigenvalue weighted by Gasteiger charge is -2.29. The fraction of sp³-hybridized carbons (Fsp3) is 0.571. The van der Waals surface area contributed by atoms with E-state index in [1.807, 2.05) is 0 Å². The van der Waals surface area contributed by atoms with Crippen molar-refractivity contribution in [2.24, 2.45) is 11.1 Å². The largest absolute Gasteiger partial charge is 0.330 e. The highest BCUT2D eigenvalue weighted by Crippen LogP contribution is 2.18. The molecular weight excluding hydrogens is 228 g/mol. The van der Waals surface area contributed by atoms with Crippen LogP contribution in [0.1, 0.15) is 19.4 Å². The molecule has 0 heterocycles. The fourth-order valence-electron chi connectivity index (χ4n) is 1.89. The SMILES string of the molecule is CSc1ccc(CN(C)CC(C)(C)CN)cc1. The molecule has 0 fully saturated rings. The Labute approximate surface area is 110 Å². The summed E-state index contributed by atoms with van der Waals surface area (Å²) in [5.74, 6) is 0. The third-order valence-electron chi connectivity index (χ3n) is 2.86. The van der Waals surface area contributed by atoms with E-state index in [2.05, 4.69) is 56.3 Å². The molecular formula is C14H24N2S. The van der Waals surface area contributed by atoms with Gasteiger partial charge in [-0.3, -0.25) is 0 Å². The summed E-state index contributed by atoms with van der Waals surface area (Å²) < 4.78 is 0. The fourth-order valence-corrected chi connectivity index (χ4v) is 2.30. The minimum absolute atomic E-state index is 0.188. The summed E-state index contributed by atoms with van der Waals surface area (Å²) >= 11 is 1.78. The van der Waals surface area contributed by atoms with E-state index in [4.69, 9.17) is 5.73 Å². The second-order valence-corrected chi connectivity index (χ2v) is 6.27. The molecule has 0 radical (unpaired) electrons. The van der Waals surface area contributed by atoms with Crippen LogP contribution in [-0.4, -0.2) is 31.3 Å². The van der Waals surface area contributed by atoms with Crippen LogP contribution in [0.3, 0.4) is 0 Å². The topological polar surface area (TPSA) is 29.3 Å². The van der Waals surface area contributed by atoms with Gasteiger partial charge in [0.1, 0.15) is 0 Å². The van der Waals surface area contributed by atoms with Gasteiger partial charge in [-0.1, -0.05) is 26.0 Å². The lowest BCUT2D eigenvalue weighted by atomic mass is 9.93. The summed E-state index contributed by atoms with van der Waals surface area (Å²) in [6, 6.07) is 8.78. The molecule has 0 saturated heterocycles. The highest BCUT2D eigenvalue weighted by atomic mass is 32.2. The van der Waals surface area contributed by atoms with E-state index in [-0.39, 0.29) is 5.41 Å². The number of thioether (sulfide) groups is 1. The van der Waals surface area contributed by atoms with E-state index in [9.17, 15) is 0 Å². The molecule has 0 amide bonds. The molecule has 0 spiro atoms. The van der Waals surface area contributed by atoms with Crippen LogP contribution in [-0.2, 0) is 6.54 Å². The van der Waals surface area contributed by atoms with Gasteiger partial charge in [-0.05, 0) is 43.0 Å². The van der Waals surface area contributed by atoms with Gasteiger partial charge in [-0.2, -0.15) is 0 Å². The summed E-state index contributed by atoms with van der Waals surface area (Å²) in [7, 11) is 2.15. The summed E-state index contributed by atoms with van der Waals surface area (Å²) in [5, 5.41) is 0. The molecule has 2 N–H and O–H groups in total. The highest BCUT2D eigenvalue weighted by molar-refractivity contribution is 7.98. The zero-order chi connectivity index (χ0) is 12.9. The van der Waals surface area contributed by atoms with Gasteiger partial charge in [0.15, 0.2) is 0 Å². The molecule has 0 aromatic heterocycles. The van der Waals surface area contributed by atoms with Gasteiger partial charge in [0.05, 0.1) is 0 Å². The zero-order valence-corrected chi connectivity index (χ0v) is 12.2. The van der Waals surface area contributed by atoms with Crippen LogP contribution >= 0.6 is 11.8 Å². The number of rotatable bonds is 6. The Morgan fingerprint density at radius 3 is 2.29 bits per heavy atom. The standard InChI is InChI=1S/C14H24N2S/c1-14(2,10-15)11-16(3)9-12-5-7-13(17-4)8-6-12/h5-8H,9-11,15H2,1-4H3. The van der Waals surface area contributed by atoms with Gasteiger partial charge < -0.3 is 10.6 Å². The van der Waals surface area contributed by atoms with Crippen molar-refractivity contribution in [3.8, 4) is 0 Å². The Morgan fingerprint density at radius 1 is 1.24 bits per heavy atom. The number of benzene rings is 1. The normalized spacial score (nSPS) is 12.1. The summed E-state index contributed by atoms with van der Waals surface area (Å²) in [5.41, 5.74) is 7.30. The van der Waals surface area contributed by atoms with Gasteiger partial charge in [-0.15, -0.1) is 11.8 Å². The van der Waals surface area contributed by atoms with Crippen LogP contribution in [0.15, 0.2) is 29.2 Å². The number of hydrogen-bond donors (Lipinski definition) is 1. The van der Waals surface area contributed by atoms with Crippen LogP contribution < -0.4 is 5.73 Å². The third kappa shape index (κ3) is 5.11. The molecule has 1 aromatic rings. The average molecular weight is 252 g/mol. The first kappa shape index (κ1) is 14.6. The predicted molar refractivity (Wildman–Crippen MR) is 77.4 cm³/mol. The first-order chi connectivity index (χ1) is 7.96. The van der Waals surface area contributed by atoms with E-state index in [1.165, 1.54) is 10.5 Å². The molecule has 0 aliphatic heterocycles. The third-order valence-corrected chi connectivity index (χ3v) is 3.61. The van der Waals surface area contributed by atoms with Gasteiger partial charge in [0, 0.05) is 18.0 Å². The van der Waals surface area contributed by atoms with Crippen molar-refractivity contribution in [1.82, 2.24) is 4.90 Å². The van der Waals surface area contributed by atoms with E-state index in [0.29, 0.717) is 0 Å². The van der Waals surface area contributed by atoms with Crippen LogP contribution in [0.25, 0.3) is 0 Å². The minimum Gasteiger partial charge on any atom is -0.330 e. The lowest BCUT2D eigenvalue weighted by Crippen LogP contribution is -2.36. The maximum Gasteiger partial charge on any atom is 0.0230 e. The van der Waals surface area contributed by atoms with Crippen molar-refractivity contribution in [2.45, 2.75) is 25.3 Å². The van der Waals surface area contributed by atoms with Gasteiger partial charge >= 0.3 is 0 Å². The maximum atomic E-state index is 5.76. The highest BCUT2D eigenvalue weighted by Gasteiger charge is 2.17. The first-order valence-electron chi connectivity index (χ1n) is 5.98. The van der Waals surface area contributed by atoms with Crippen molar-refractivity contribution in [2.75, 3.05) is 26.4 Å². The molecule has 3 heteroatoms. The van der Waals surface area contributed by atoms with Gasteiger partial charge in [0.25, 0.3) is 0 Å². The summed E-state index contributed by atoms with van der Waals surface area (Å²) in [6.07, 6.45) is 2.10. The number of nitrogens with two attached hydrogens (primary N) is 1. The smallest absolute Gasteiger partial charge is 0.0230 e. The monoisotopic (exact) mass is 252 g/mol. The van der Waals surface area contributed by atoms with Crippen LogP contribution in [0, 0.1) is 5.41 Å². The molecule has 0 aliphatic rings. The van der Waals surface area contributed by atoms with Crippen molar-refractivity contribution in [3.63, 3.8) is 0 Å². The van der Waals surface area contributed by atoms with Crippen molar-refractivity contribution >= 4 is 11.8 Å². The molecule has 0 unspecified atom stereocenters. The van der Waals surface area contributed by atoms with E-state index >= 15 is 0 Å². The van der Waals surface area contributed by atoms with Crippen LogP contribution in [0.4, 0.5) is 0 Å². The van der Waals surface area contributed by atoms with Crippen LogP contribution in [0.2, 0.25) is 0 Å². The summed E-state index contributed by atoms with van der Waals surface area (Å²) in [6.45, 7) is 7.15. The van der Waals surface area contributed by atoms with E-state index in [1.54, 1.807) is 11.8 Å². The molecule has 0 bridgehead atoms. The molecule has 0 aliphatic carbocycles. The molecule has 1 rings (SSSR count). The van der Waals surface area contributed by atoms with E-state index in [0.717, 1.165) is 19.6 Å². The Bertz CT molecular complexity index is 333. The predicted octanol–water partition coefficient (Wildman–Crippen LogP) is 2.83. The maximum absolute atomic E-state index is 5.76. The molecule has 0 saturated carbocycles. The minimum atomic E-state index is 0.188. The number of hydrogen-bond acceptors (Lipinski definition) is 3. The van der Waals surface area contributed by atoms with Crippen molar-refractivity contribution < 1.29 is 0 Å². The van der Waals surface area contributed by atoms with Crippen molar-refractivity contribution in [1.29, 1.82) is 0 Å². The molecule has 17 heavy (non-hydrogen) atoms. The van der Waals surface area contributed by atoms with Crippen LogP contribution in [0.5, 0.6) is 0 Å². The van der Waals surface area contributed by atoms with Crippen molar-refractivity contribution in [3.05, 3.63) is 29.8 Å². The molecule has 0 atom stereocenters. The second kappa shape index (κ2) is 6.43. The summed E-state index contributed by atoms with van der Waals surface area (Å²) in [4.78, 5) is 3.65. The number of nitrogens with zero attached hydrogens (tertiary/aromatic N) is 1.